The maximum atomic E-state index is 13.3. The third-order valence-electron chi connectivity index (χ3n) is 5.51. The number of hydrogen-bond acceptors (Lipinski definition) is 2. The van der Waals surface area contributed by atoms with Crippen molar-refractivity contribution in [3.63, 3.8) is 0 Å². The van der Waals surface area contributed by atoms with Crippen molar-refractivity contribution in [3.8, 4) is 0 Å². The smallest absolute Gasteiger partial charge is 0.123 e. The molecule has 0 amide bonds. The number of rotatable bonds is 4. The highest BCUT2D eigenvalue weighted by Gasteiger charge is 2.31. The van der Waals surface area contributed by atoms with Gasteiger partial charge in [0, 0.05) is 25.2 Å². The standard InChI is InChI=1S/C18H25FN2/c19-15-4-5-17-14(11-15)3-6-18(17)21-9-7-16(8-10-21)20-12-13-1-2-13/h4-5,11,13,16,18,20H,1-3,6-10,12H2. The zero-order valence-electron chi connectivity index (χ0n) is 12.7. The molecule has 0 spiro atoms. The molecule has 1 atom stereocenters. The molecule has 0 bridgehead atoms. The Morgan fingerprint density at radius 1 is 1.10 bits per heavy atom. The first kappa shape index (κ1) is 13.7. The largest absolute Gasteiger partial charge is 0.314 e. The van der Waals surface area contributed by atoms with Gasteiger partial charge in [-0.2, -0.15) is 0 Å². The number of fused-ring (bicyclic) bond motifs is 1. The summed E-state index contributed by atoms with van der Waals surface area (Å²) in [6.07, 6.45) is 7.60. The average molecular weight is 288 g/mol. The van der Waals surface area contributed by atoms with Crippen LogP contribution >= 0.6 is 0 Å². The predicted molar refractivity (Wildman–Crippen MR) is 82.8 cm³/mol. The van der Waals surface area contributed by atoms with Crippen LogP contribution < -0.4 is 5.32 Å². The van der Waals surface area contributed by atoms with Gasteiger partial charge in [-0.05, 0) is 74.2 Å². The van der Waals surface area contributed by atoms with E-state index in [-0.39, 0.29) is 5.82 Å². The van der Waals surface area contributed by atoms with E-state index in [0.717, 1.165) is 18.4 Å². The van der Waals surface area contributed by atoms with Crippen LogP contribution in [-0.2, 0) is 6.42 Å². The summed E-state index contributed by atoms with van der Waals surface area (Å²) in [4.78, 5) is 2.62. The normalized spacial score (nSPS) is 27.0. The number of benzene rings is 1. The zero-order valence-corrected chi connectivity index (χ0v) is 12.7. The molecular formula is C18H25FN2. The van der Waals surface area contributed by atoms with Crippen molar-refractivity contribution in [3.05, 3.63) is 35.1 Å². The molecule has 1 saturated heterocycles. The van der Waals surface area contributed by atoms with E-state index in [4.69, 9.17) is 0 Å². The van der Waals surface area contributed by atoms with Gasteiger partial charge in [-0.15, -0.1) is 0 Å². The number of hydrogen-bond donors (Lipinski definition) is 1. The first-order valence-corrected chi connectivity index (χ1v) is 8.55. The molecular weight excluding hydrogens is 263 g/mol. The summed E-state index contributed by atoms with van der Waals surface area (Å²) >= 11 is 0. The molecule has 1 aromatic rings. The van der Waals surface area contributed by atoms with Crippen LogP contribution in [0.1, 0.15) is 49.3 Å². The Morgan fingerprint density at radius 3 is 2.67 bits per heavy atom. The second kappa shape index (κ2) is 5.69. The lowest BCUT2D eigenvalue weighted by molar-refractivity contribution is 0.142. The second-order valence-corrected chi connectivity index (χ2v) is 7.06. The fourth-order valence-electron chi connectivity index (χ4n) is 4.01. The minimum absolute atomic E-state index is 0.0858. The van der Waals surface area contributed by atoms with Crippen LogP contribution in [0.2, 0.25) is 0 Å². The van der Waals surface area contributed by atoms with Crippen LogP contribution in [0.15, 0.2) is 18.2 Å². The highest BCUT2D eigenvalue weighted by molar-refractivity contribution is 5.35. The maximum absolute atomic E-state index is 13.3. The van der Waals surface area contributed by atoms with Gasteiger partial charge in [0.1, 0.15) is 5.82 Å². The van der Waals surface area contributed by atoms with Crippen LogP contribution in [0.4, 0.5) is 4.39 Å². The molecule has 1 aliphatic heterocycles. The Hall–Kier alpha value is -0.930. The monoisotopic (exact) mass is 288 g/mol. The Labute approximate surface area is 126 Å². The molecule has 1 heterocycles. The van der Waals surface area contributed by atoms with E-state index in [1.165, 1.54) is 62.9 Å². The van der Waals surface area contributed by atoms with E-state index in [1.54, 1.807) is 12.1 Å². The van der Waals surface area contributed by atoms with Crippen LogP contribution in [0, 0.1) is 11.7 Å². The van der Waals surface area contributed by atoms with Crippen molar-refractivity contribution >= 4 is 0 Å². The molecule has 2 fully saturated rings. The summed E-state index contributed by atoms with van der Waals surface area (Å²) in [5.41, 5.74) is 2.61. The fourth-order valence-corrected chi connectivity index (χ4v) is 4.01. The third kappa shape index (κ3) is 3.00. The van der Waals surface area contributed by atoms with E-state index < -0.39 is 0 Å². The highest BCUT2D eigenvalue weighted by Crippen LogP contribution is 2.37. The molecule has 1 aromatic carbocycles. The third-order valence-corrected chi connectivity index (χ3v) is 5.51. The van der Waals surface area contributed by atoms with Gasteiger partial charge < -0.3 is 5.32 Å². The van der Waals surface area contributed by atoms with Crippen LogP contribution in [0.3, 0.4) is 0 Å². The van der Waals surface area contributed by atoms with Crippen molar-refractivity contribution in [1.29, 1.82) is 0 Å². The Kier molecular flexibility index (Phi) is 3.72. The molecule has 114 valence electrons. The van der Waals surface area contributed by atoms with Gasteiger partial charge in [0.25, 0.3) is 0 Å². The zero-order chi connectivity index (χ0) is 14.2. The van der Waals surface area contributed by atoms with Crippen LogP contribution in [0.25, 0.3) is 0 Å². The lowest BCUT2D eigenvalue weighted by atomic mass is 10.00. The van der Waals surface area contributed by atoms with Gasteiger partial charge in [-0.1, -0.05) is 6.07 Å². The van der Waals surface area contributed by atoms with Gasteiger partial charge in [0.2, 0.25) is 0 Å². The number of halogens is 1. The van der Waals surface area contributed by atoms with Gasteiger partial charge in [0.05, 0.1) is 0 Å². The maximum Gasteiger partial charge on any atom is 0.123 e. The first-order valence-electron chi connectivity index (χ1n) is 8.55. The molecule has 3 heteroatoms. The molecule has 1 N–H and O–H groups in total. The molecule has 1 unspecified atom stereocenters. The van der Waals surface area contributed by atoms with Crippen molar-refractivity contribution < 1.29 is 4.39 Å². The van der Waals surface area contributed by atoms with Crippen molar-refractivity contribution in [1.82, 2.24) is 10.2 Å². The van der Waals surface area contributed by atoms with E-state index >= 15 is 0 Å². The molecule has 3 aliphatic rings. The van der Waals surface area contributed by atoms with Crippen molar-refractivity contribution in [2.75, 3.05) is 19.6 Å². The summed E-state index contributed by atoms with van der Waals surface area (Å²) < 4.78 is 13.3. The number of piperidine rings is 1. The highest BCUT2D eigenvalue weighted by atomic mass is 19.1. The SMILES string of the molecule is Fc1ccc2c(c1)CCC2N1CCC(NCC2CC2)CC1. The molecule has 4 rings (SSSR count). The molecule has 21 heavy (non-hydrogen) atoms. The van der Waals surface area contributed by atoms with Gasteiger partial charge in [-0.3, -0.25) is 4.90 Å². The van der Waals surface area contributed by atoms with Crippen LogP contribution in [0.5, 0.6) is 0 Å². The summed E-state index contributed by atoms with van der Waals surface area (Å²) in [5, 5.41) is 3.75. The van der Waals surface area contributed by atoms with Gasteiger partial charge in [0.15, 0.2) is 0 Å². The Morgan fingerprint density at radius 2 is 1.90 bits per heavy atom. The summed E-state index contributed by atoms with van der Waals surface area (Å²) in [6.45, 7) is 3.60. The van der Waals surface area contributed by atoms with Gasteiger partial charge >= 0.3 is 0 Å². The lowest BCUT2D eigenvalue weighted by Gasteiger charge is -2.36. The molecule has 1 saturated carbocycles. The second-order valence-electron chi connectivity index (χ2n) is 7.06. The summed E-state index contributed by atoms with van der Waals surface area (Å²) in [7, 11) is 0. The topological polar surface area (TPSA) is 15.3 Å². The van der Waals surface area contributed by atoms with Gasteiger partial charge in [-0.25, -0.2) is 4.39 Å². The fraction of sp³-hybridized carbons (Fsp3) is 0.667. The van der Waals surface area contributed by atoms with E-state index in [9.17, 15) is 4.39 Å². The molecule has 2 aliphatic carbocycles. The minimum atomic E-state index is -0.0858. The van der Waals surface area contributed by atoms with Crippen molar-refractivity contribution in [2.24, 2.45) is 5.92 Å². The summed E-state index contributed by atoms with van der Waals surface area (Å²) in [5.74, 6) is 0.886. The number of nitrogens with zero attached hydrogens (tertiary/aromatic N) is 1. The Balaban J connectivity index is 1.34. The number of aryl methyl sites for hydroxylation is 1. The van der Waals surface area contributed by atoms with E-state index in [1.807, 2.05) is 6.07 Å². The minimum Gasteiger partial charge on any atom is -0.314 e. The summed E-state index contributed by atoms with van der Waals surface area (Å²) in [6, 6.07) is 6.63. The average Bonchev–Trinajstić information content (AvgIpc) is 3.24. The number of nitrogens with one attached hydrogen (secondary N) is 1. The lowest BCUT2D eigenvalue weighted by Crippen LogP contribution is -2.44. The first-order chi connectivity index (χ1) is 10.3. The molecule has 0 aromatic heterocycles. The molecule has 0 radical (unpaired) electrons. The predicted octanol–water partition coefficient (Wildman–Crippen LogP) is 3.28. The van der Waals surface area contributed by atoms with E-state index in [0.29, 0.717) is 6.04 Å². The molecule has 2 nitrogen and oxygen atoms in total. The van der Waals surface area contributed by atoms with Crippen molar-refractivity contribution in [2.45, 2.75) is 50.6 Å². The quantitative estimate of drug-likeness (QED) is 0.914. The number of likely N-dealkylation sites (tertiary alicyclic amines) is 1. The van der Waals surface area contributed by atoms with Crippen LogP contribution in [-0.4, -0.2) is 30.6 Å². The Bertz CT molecular complexity index is 504. The van der Waals surface area contributed by atoms with E-state index in [2.05, 4.69) is 10.2 Å².